The fourth-order valence-electron chi connectivity index (χ4n) is 4.24. The van der Waals surface area contributed by atoms with Crippen LogP contribution < -0.4 is 5.32 Å². The standard InChI is InChI=1S/C25H26N4O3S2/c1-15(2)34(31,32)20-10-6-9-19(12-20)24(30)27-23-11-16(3)28-29(23)25-26-21-13-17-7-4-5-8-18(17)14-22(21)33-25/h6,9-15H,4-5,7-8H2,1-3H3,(H,27,30). The zero-order valence-electron chi connectivity index (χ0n) is 19.3. The van der Waals surface area contributed by atoms with Crippen molar-refractivity contribution >= 4 is 43.1 Å². The molecule has 1 aliphatic carbocycles. The zero-order valence-corrected chi connectivity index (χ0v) is 21.0. The summed E-state index contributed by atoms with van der Waals surface area (Å²) in [6, 6.07) is 12.3. The minimum Gasteiger partial charge on any atom is -0.306 e. The number of hydrogen-bond acceptors (Lipinski definition) is 6. The number of carbonyl (C=O) groups is 1. The van der Waals surface area contributed by atoms with Crippen LogP contribution in [0, 0.1) is 6.92 Å². The first-order valence-corrected chi connectivity index (χ1v) is 13.7. The highest BCUT2D eigenvalue weighted by Gasteiger charge is 2.22. The second kappa shape index (κ2) is 8.63. The minimum atomic E-state index is -3.48. The van der Waals surface area contributed by atoms with E-state index >= 15 is 0 Å². The highest BCUT2D eigenvalue weighted by Crippen LogP contribution is 2.32. The number of fused-ring (bicyclic) bond motifs is 2. The third kappa shape index (κ3) is 4.14. The molecule has 7 nitrogen and oxygen atoms in total. The number of amides is 1. The number of benzene rings is 2. The molecule has 0 radical (unpaired) electrons. The average Bonchev–Trinajstić information content (AvgIpc) is 3.39. The molecule has 0 atom stereocenters. The molecule has 34 heavy (non-hydrogen) atoms. The number of thiazole rings is 1. The van der Waals surface area contributed by atoms with Crippen molar-refractivity contribution in [2.24, 2.45) is 0 Å². The molecule has 176 valence electrons. The van der Waals surface area contributed by atoms with Gasteiger partial charge in [0, 0.05) is 11.6 Å². The zero-order chi connectivity index (χ0) is 24.0. The Morgan fingerprint density at radius 2 is 1.82 bits per heavy atom. The van der Waals surface area contributed by atoms with Crippen molar-refractivity contribution in [1.29, 1.82) is 0 Å². The summed E-state index contributed by atoms with van der Waals surface area (Å²) >= 11 is 1.54. The highest BCUT2D eigenvalue weighted by molar-refractivity contribution is 7.92. The summed E-state index contributed by atoms with van der Waals surface area (Å²) in [7, 11) is -3.48. The molecule has 0 fully saturated rings. The maximum atomic E-state index is 13.0. The Kier molecular flexibility index (Phi) is 5.77. The van der Waals surface area contributed by atoms with Crippen molar-refractivity contribution in [2.45, 2.75) is 56.6 Å². The van der Waals surface area contributed by atoms with Crippen LogP contribution in [-0.2, 0) is 22.7 Å². The Morgan fingerprint density at radius 3 is 2.56 bits per heavy atom. The van der Waals surface area contributed by atoms with Crippen LogP contribution in [0.1, 0.15) is 53.9 Å². The van der Waals surface area contributed by atoms with E-state index in [0.29, 0.717) is 10.9 Å². The van der Waals surface area contributed by atoms with Crippen molar-refractivity contribution in [3.8, 4) is 5.13 Å². The second-order valence-corrected chi connectivity index (χ2v) is 12.5. The van der Waals surface area contributed by atoms with Gasteiger partial charge in [-0.2, -0.15) is 9.78 Å². The van der Waals surface area contributed by atoms with Crippen LogP contribution in [-0.4, -0.2) is 34.3 Å². The van der Waals surface area contributed by atoms with E-state index in [1.165, 1.54) is 36.1 Å². The second-order valence-electron chi connectivity index (χ2n) is 8.95. The molecule has 2 aromatic heterocycles. The molecule has 1 aliphatic rings. The topological polar surface area (TPSA) is 94.0 Å². The first kappa shape index (κ1) is 22.7. The lowest BCUT2D eigenvalue weighted by molar-refractivity contribution is 0.102. The van der Waals surface area contributed by atoms with Crippen LogP contribution in [0.15, 0.2) is 47.4 Å². The maximum absolute atomic E-state index is 13.0. The fourth-order valence-corrected chi connectivity index (χ4v) is 6.32. The van der Waals surface area contributed by atoms with Crippen molar-refractivity contribution in [3.63, 3.8) is 0 Å². The summed E-state index contributed by atoms with van der Waals surface area (Å²) in [5.41, 5.74) is 4.72. The quantitative estimate of drug-likeness (QED) is 0.416. The Labute approximate surface area is 202 Å². The van der Waals surface area contributed by atoms with E-state index < -0.39 is 21.0 Å². The van der Waals surface area contributed by atoms with Gasteiger partial charge in [0.2, 0.25) is 5.13 Å². The molecule has 0 aliphatic heterocycles. The number of anilines is 1. The van der Waals surface area contributed by atoms with E-state index in [0.717, 1.165) is 28.8 Å². The fraction of sp³-hybridized carbons (Fsp3) is 0.320. The summed E-state index contributed by atoms with van der Waals surface area (Å²) in [6.07, 6.45) is 4.63. The summed E-state index contributed by atoms with van der Waals surface area (Å²) < 4.78 is 27.8. The van der Waals surface area contributed by atoms with E-state index in [1.54, 1.807) is 48.1 Å². The van der Waals surface area contributed by atoms with Crippen molar-refractivity contribution in [2.75, 3.05) is 5.32 Å². The van der Waals surface area contributed by atoms with Gasteiger partial charge in [0.1, 0.15) is 5.82 Å². The molecule has 4 aromatic rings. The van der Waals surface area contributed by atoms with Crippen LogP contribution in [0.2, 0.25) is 0 Å². The van der Waals surface area contributed by atoms with Gasteiger partial charge in [-0.25, -0.2) is 13.4 Å². The van der Waals surface area contributed by atoms with Crippen molar-refractivity contribution < 1.29 is 13.2 Å². The van der Waals surface area contributed by atoms with Crippen LogP contribution in [0.5, 0.6) is 0 Å². The van der Waals surface area contributed by atoms with Gasteiger partial charge < -0.3 is 5.32 Å². The number of hydrogen-bond donors (Lipinski definition) is 1. The van der Waals surface area contributed by atoms with Crippen LogP contribution >= 0.6 is 11.3 Å². The van der Waals surface area contributed by atoms with Gasteiger partial charge in [0.15, 0.2) is 9.84 Å². The predicted octanol–water partition coefficient (Wildman–Crippen LogP) is 5.10. The summed E-state index contributed by atoms with van der Waals surface area (Å²) in [6.45, 7) is 5.10. The predicted molar refractivity (Wildman–Crippen MR) is 135 cm³/mol. The van der Waals surface area contributed by atoms with E-state index in [2.05, 4.69) is 22.5 Å². The first-order chi connectivity index (χ1) is 16.2. The molecule has 2 aromatic carbocycles. The molecular weight excluding hydrogens is 468 g/mol. The number of aryl methyl sites for hydroxylation is 3. The Hall–Kier alpha value is -3.04. The van der Waals surface area contributed by atoms with Gasteiger partial charge in [-0.15, -0.1) is 0 Å². The summed E-state index contributed by atoms with van der Waals surface area (Å²) in [5, 5.41) is 7.55. The monoisotopic (exact) mass is 494 g/mol. The Bertz CT molecular complexity index is 1470. The van der Waals surface area contributed by atoms with Crippen LogP contribution in [0.4, 0.5) is 5.82 Å². The molecule has 0 unspecified atom stereocenters. The third-order valence-corrected chi connectivity index (χ3v) is 9.29. The van der Waals surface area contributed by atoms with Gasteiger partial charge in [0.05, 0.1) is 26.1 Å². The molecule has 0 saturated heterocycles. The van der Waals surface area contributed by atoms with Gasteiger partial charge in [-0.1, -0.05) is 17.4 Å². The van der Waals surface area contributed by atoms with Crippen LogP contribution in [0.25, 0.3) is 15.3 Å². The molecule has 1 N–H and O–H groups in total. The van der Waals surface area contributed by atoms with Gasteiger partial charge in [-0.05, 0) is 87.9 Å². The number of carbonyl (C=O) groups excluding carboxylic acids is 1. The number of rotatable bonds is 5. The molecule has 0 saturated carbocycles. The molecule has 1 amide bonds. The smallest absolute Gasteiger partial charge is 0.256 e. The maximum Gasteiger partial charge on any atom is 0.256 e. The Morgan fingerprint density at radius 1 is 1.09 bits per heavy atom. The first-order valence-electron chi connectivity index (χ1n) is 11.4. The van der Waals surface area contributed by atoms with Crippen molar-refractivity contribution in [1.82, 2.24) is 14.8 Å². The lowest BCUT2D eigenvalue weighted by atomic mass is 9.92. The summed E-state index contributed by atoms with van der Waals surface area (Å²) in [4.78, 5) is 18.0. The lowest BCUT2D eigenvalue weighted by Crippen LogP contribution is -2.17. The summed E-state index contributed by atoms with van der Waals surface area (Å²) in [5.74, 6) is 0.0852. The number of aromatic nitrogens is 3. The van der Waals surface area contributed by atoms with E-state index in [9.17, 15) is 13.2 Å². The normalized spacial score (nSPS) is 13.9. The molecule has 0 spiro atoms. The minimum absolute atomic E-state index is 0.134. The van der Waals surface area contributed by atoms with Crippen molar-refractivity contribution in [3.05, 3.63) is 64.8 Å². The number of nitrogens with one attached hydrogen (secondary N) is 1. The molecule has 2 heterocycles. The average molecular weight is 495 g/mol. The molecule has 9 heteroatoms. The number of sulfone groups is 1. The third-order valence-electron chi connectivity index (χ3n) is 6.14. The molecule has 5 rings (SSSR count). The van der Waals surface area contributed by atoms with E-state index in [-0.39, 0.29) is 10.5 Å². The lowest BCUT2D eigenvalue weighted by Gasteiger charge is -2.14. The SMILES string of the molecule is Cc1cc(NC(=O)c2cccc(S(=O)(=O)C(C)C)c2)n(-c2nc3cc4c(cc3s2)CCCC4)n1. The van der Waals surface area contributed by atoms with Gasteiger partial charge >= 0.3 is 0 Å². The van der Waals surface area contributed by atoms with E-state index in [4.69, 9.17) is 4.98 Å². The molecule has 0 bridgehead atoms. The molecular formula is C25H26N4O3S2. The Balaban J connectivity index is 1.47. The van der Waals surface area contributed by atoms with Crippen LogP contribution in [0.3, 0.4) is 0 Å². The number of nitrogens with zero attached hydrogens (tertiary/aromatic N) is 3. The largest absolute Gasteiger partial charge is 0.306 e. The van der Waals surface area contributed by atoms with Gasteiger partial charge in [-0.3, -0.25) is 4.79 Å². The van der Waals surface area contributed by atoms with Gasteiger partial charge in [0.25, 0.3) is 5.91 Å². The highest BCUT2D eigenvalue weighted by atomic mass is 32.2. The van der Waals surface area contributed by atoms with E-state index in [1.807, 2.05) is 6.92 Å².